The summed E-state index contributed by atoms with van der Waals surface area (Å²) in [6, 6.07) is 8.36. The molecule has 5 heterocycles. The number of nitrogens with zero attached hydrogens (tertiary/aromatic N) is 5. The smallest absolute Gasteiger partial charge is 0.299 e. The summed E-state index contributed by atoms with van der Waals surface area (Å²) < 4.78 is 23.1. The number of nitrogens with one attached hydrogen (secondary N) is 1. The summed E-state index contributed by atoms with van der Waals surface area (Å²) in [5.41, 5.74) is 1.65. The molecule has 0 bridgehead atoms. The second-order valence-corrected chi connectivity index (χ2v) is 10.7. The van der Waals surface area contributed by atoms with Gasteiger partial charge in [0.2, 0.25) is 5.88 Å². The molecule has 0 radical (unpaired) electrons. The number of halogens is 1. The van der Waals surface area contributed by atoms with Crippen LogP contribution in [0.1, 0.15) is 20.9 Å². The highest BCUT2D eigenvalue weighted by atomic mass is 35.5. The van der Waals surface area contributed by atoms with Gasteiger partial charge in [-0.1, -0.05) is 11.6 Å². The number of thiophene rings is 1. The third-order valence-corrected chi connectivity index (χ3v) is 7.79. The monoisotopic (exact) mass is 574 g/mol. The van der Waals surface area contributed by atoms with Gasteiger partial charge < -0.3 is 14.8 Å². The zero-order valence-electron chi connectivity index (χ0n) is 19.5. The number of carbonyl (C=O) groups excluding carboxylic acids is 1. The minimum Gasteiger partial charge on any atom is -0.491 e. The van der Waals surface area contributed by atoms with Gasteiger partial charge in [0, 0.05) is 33.5 Å². The van der Waals surface area contributed by atoms with Crippen LogP contribution in [-0.4, -0.2) is 43.2 Å². The van der Waals surface area contributed by atoms with Gasteiger partial charge in [-0.3, -0.25) is 14.2 Å². The van der Waals surface area contributed by atoms with Gasteiger partial charge >= 0.3 is 0 Å². The predicted octanol–water partition coefficient (Wildman–Crippen LogP) is 4.71. The maximum absolute atomic E-state index is 13.4. The van der Waals surface area contributed by atoms with E-state index in [1.54, 1.807) is 29.8 Å². The Hall–Kier alpha value is -3.52. The molecular formula is C23H19ClN6O4S3. The van der Waals surface area contributed by atoms with Crippen LogP contribution in [0, 0.1) is 0 Å². The zero-order chi connectivity index (χ0) is 25.9. The summed E-state index contributed by atoms with van der Waals surface area (Å²) in [6.07, 6.45) is 1.70. The fraction of sp³-hybridized carbons (Fsp3) is 0.174. The maximum atomic E-state index is 13.4. The summed E-state index contributed by atoms with van der Waals surface area (Å²) in [6.45, 7) is 0.641. The molecule has 190 valence electrons. The molecular weight excluding hydrogens is 556 g/mol. The molecule has 0 aliphatic heterocycles. The van der Waals surface area contributed by atoms with Crippen molar-refractivity contribution in [3.63, 3.8) is 0 Å². The van der Waals surface area contributed by atoms with Crippen LogP contribution < -0.4 is 20.3 Å². The first-order chi connectivity index (χ1) is 18.0. The molecule has 0 saturated heterocycles. The second-order valence-electron chi connectivity index (χ2n) is 7.60. The summed E-state index contributed by atoms with van der Waals surface area (Å²) in [4.78, 5) is 27.1. The lowest BCUT2D eigenvalue weighted by Crippen LogP contribution is -2.21. The van der Waals surface area contributed by atoms with Gasteiger partial charge in [0.25, 0.3) is 11.5 Å². The fourth-order valence-electron chi connectivity index (χ4n) is 3.72. The fourth-order valence-corrected chi connectivity index (χ4v) is 5.78. The van der Waals surface area contributed by atoms with E-state index in [9.17, 15) is 9.59 Å². The first-order valence-corrected chi connectivity index (χ1v) is 13.6. The van der Waals surface area contributed by atoms with Gasteiger partial charge in [0.1, 0.15) is 11.4 Å². The maximum Gasteiger partial charge on any atom is 0.299 e. The van der Waals surface area contributed by atoms with Crippen molar-refractivity contribution in [2.75, 3.05) is 19.5 Å². The summed E-state index contributed by atoms with van der Waals surface area (Å²) in [5, 5.41) is 11.5. The van der Waals surface area contributed by atoms with E-state index in [1.807, 2.05) is 11.4 Å². The number of pyridine rings is 1. The van der Waals surface area contributed by atoms with Crippen molar-refractivity contribution in [3.8, 4) is 22.9 Å². The van der Waals surface area contributed by atoms with E-state index >= 15 is 0 Å². The lowest BCUT2D eigenvalue weighted by Gasteiger charge is -2.14. The van der Waals surface area contributed by atoms with Gasteiger partial charge in [-0.2, -0.15) is 14.2 Å². The molecule has 0 aliphatic rings. The number of carbonyl (C=O) groups is 1. The van der Waals surface area contributed by atoms with Crippen molar-refractivity contribution < 1.29 is 14.3 Å². The molecule has 10 nitrogen and oxygen atoms in total. The second kappa shape index (κ2) is 10.8. The van der Waals surface area contributed by atoms with Crippen LogP contribution in [0.3, 0.4) is 0 Å². The zero-order valence-corrected chi connectivity index (χ0v) is 22.7. The van der Waals surface area contributed by atoms with Crippen molar-refractivity contribution in [2.24, 2.45) is 0 Å². The van der Waals surface area contributed by atoms with Crippen LogP contribution in [0.25, 0.3) is 11.3 Å². The third-order valence-electron chi connectivity index (χ3n) is 5.36. The molecule has 0 amide bonds. The Morgan fingerprint density at radius 2 is 2.00 bits per heavy atom. The Morgan fingerprint density at radius 3 is 2.65 bits per heavy atom. The van der Waals surface area contributed by atoms with E-state index in [2.05, 4.69) is 19.2 Å². The number of anilines is 1. The lowest BCUT2D eigenvalue weighted by molar-refractivity contribution is 0.0943. The number of rotatable bonds is 9. The molecule has 0 spiro atoms. The van der Waals surface area contributed by atoms with E-state index in [0.717, 1.165) is 10.4 Å². The molecule has 14 heteroatoms. The standard InChI is InChI=1S/C23H19ClN6O4S3/c1-33-20-19(15-4-6-18(31)29(23(15)34-2)11-13-9-26-36-12-13)27-30(22(32)16-7-8-35-28-16)21(20)25-10-14-3-5-17(24)37-14/h3-9,12,25H,10-11H2,1-2H3. The van der Waals surface area contributed by atoms with E-state index < -0.39 is 5.91 Å². The molecule has 0 atom stereocenters. The summed E-state index contributed by atoms with van der Waals surface area (Å²) >= 11 is 9.97. The van der Waals surface area contributed by atoms with E-state index in [-0.39, 0.29) is 23.7 Å². The summed E-state index contributed by atoms with van der Waals surface area (Å²) in [7, 11) is 2.97. The predicted molar refractivity (Wildman–Crippen MR) is 145 cm³/mol. The van der Waals surface area contributed by atoms with E-state index in [4.69, 9.17) is 21.1 Å². The highest BCUT2D eigenvalue weighted by molar-refractivity contribution is 7.16. The largest absolute Gasteiger partial charge is 0.491 e. The minimum atomic E-state index is -0.436. The van der Waals surface area contributed by atoms with Crippen LogP contribution >= 0.6 is 46.0 Å². The van der Waals surface area contributed by atoms with Crippen LogP contribution in [0.2, 0.25) is 4.34 Å². The van der Waals surface area contributed by atoms with E-state index in [0.29, 0.717) is 33.7 Å². The Labute approximate surface area is 228 Å². The van der Waals surface area contributed by atoms with Crippen LogP contribution in [0.4, 0.5) is 5.82 Å². The van der Waals surface area contributed by atoms with Gasteiger partial charge in [-0.25, -0.2) is 4.37 Å². The first-order valence-electron chi connectivity index (χ1n) is 10.8. The number of ether oxygens (including phenoxy) is 2. The Bertz CT molecular complexity index is 1590. The van der Waals surface area contributed by atoms with Gasteiger partial charge in [0.05, 0.1) is 37.2 Å². The normalized spacial score (nSPS) is 11.0. The van der Waals surface area contributed by atoms with Crippen LogP contribution in [0.5, 0.6) is 11.6 Å². The Balaban J connectivity index is 1.64. The van der Waals surface area contributed by atoms with Crippen LogP contribution in [-0.2, 0) is 13.1 Å². The van der Waals surface area contributed by atoms with Gasteiger partial charge in [-0.05, 0) is 47.3 Å². The van der Waals surface area contributed by atoms with Gasteiger partial charge in [-0.15, -0.1) is 11.3 Å². The van der Waals surface area contributed by atoms with Crippen molar-refractivity contribution in [1.82, 2.24) is 23.1 Å². The molecule has 0 unspecified atom stereocenters. The highest BCUT2D eigenvalue weighted by Crippen LogP contribution is 2.40. The van der Waals surface area contributed by atoms with Crippen LogP contribution in [0.15, 0.2) is 52.1 Å². The van der Waals surface area contributed by atoms with Crippen molar-refractivity contribution in [2.45, 2.75) is 13.1 Å². The molecule has 0 saturated carbocycles. The Morgan fingerprint density at radius 1 is 1.14 bits per heavy atom. The average molecular weight is 575 g/mol. The van der Waals surface area contributed by atoms with E-state index in [1.165, 1.54) is 63.9 Å². The van der Waals surface area contributed by atoms with Gasteiger partial charge in [0.15, 0.2) is 11.6 Å². The molecule has 5 rings (SSSR count). The molecule has 5 aromatic rings. The molecule has 0 fully saturated rings. The number of aromatic nitrogens is 5. The SMILES string of the molecule is COc1c(-c2ccc(=O)n(Cc3cnsc3)c2OC)nn(C(=O)c2ccsn2)c1NCc1ccc(Cl)s1. The Kier molecular flexibility index (Phi) is 7.37. The van der Waals surface area contributed by atoms with Crippen molar-refractivity contribution in [1.29, 1.82) is 0 Å². The third kappa shape index (κ3) is 5.03. The quantitative estimate of drug-likeness (QED) is 0.269. The number of hydrogen-bond donors (Lipinski definition) is 1. The molecule has 0 aromatic carbocycles. The minimum absolute atomic E-state index is 0.241. The summed E-state index contributed by atoms with van der Waals surface area (Å²) in [5.74, 6) is 0.488. The molecule has 37 heavy (non-hydrogen) atoms. The first kappa shape index (κ1) is 25.1. The number of methoxy groups -OCH3 is 2. The van der Waals surface area contributed by atoms with Crippen molar-refractivity contribution >= 4 is 57.7 Å². The van der Waals surface area contributed by atoms with Crippen molar-refractivity contribution in [3.05, 3.63) is 78.1 Å². The molecule has 0 aliphatic carbocycles. The topological polar surface area (TPSA) is 113 Å². The average Bonchev–Trinajstić information content (AvgIpc) is 3.71. The highest BCUT2D eigenvalue weighted by Gasteiger charge is 2.28. The molecule has 1 N–H and O–H groups in total. The molecule has 5 aromatic heterocycles. The lowest BCUT2D eigenvalue weighted by atomic mass is 10.1. The number of hydrogen-bond acceptors (Lipinski definition) is 11.